The Morgan fingerprint density at radius 3 is 2.48 bits per heavy atom. The molecule has 0 unspecified atom stereocenters. The lowest BCUT2D eigenvalue weighted by molar-refractivity contribution is -0.154. The third-order valence-electron chi connectivity index (χ3n) is 4.15. The van der Waals surface area contributed by atoms with Crippen molar-refractivity contribution < 1.29 is 28.4 Å². The molecule has 3 amide bonds. The number of hydrogen-bond donors (Lipinski definition) is 1. The maximum atomic E-state index is 12.2. The quantitative estimate of drug-likeness (QED) is 0.465. The van der Waals surface area contributed by atoms with Crippen LogP contribution in [0, 0.1) is 18.8 Å². The van der Waals surface area contributed by atoms with Gasteiger partial charge in [0.2, 0.25) is 11.8 Å². The van der Waals surface area contributed by atoms with Gasteiger partial charge in [0, 0.05) is 6.07 Å². The standard InChI is InChI=1S/C16H17N3O6/c1-9-6-12(18-25-9)17-13(20)8-24-14(21)7-19-15(22)10-4-2-3-5-11(10)16(19)23/h2-3,6,10-11H,4-5,7-8H2,1H3,(H,17,18,20)/t10-,11-/m1/s1. The van der Waals surface area contributed by atoms with Crippen molar-refractivity contribution in [2.75, 3.05) is 18.5 Å². The van der Waals surface area contributed by atoms with E-state index in [1.165, 1.54) is 6.07 Å². The number of aryl methyl sites for hydroxylation is 1. The van der Waals surface area contributed by atoms with E-state index in [1.807, 2.05) is 12.2 Å². The third kappa shape index (κ3) is 3.59. The molecule has 9 nitrogen and oxygen atoms in total. The van der Waals surface area contributed by atoms with Crippen LogP contribution in [0.3, 0.4) is 0 Å². The Balaban J connectivity index is 1.48. The number of hydrogen-bond acceptors (Lipinski definition) is 7. The lowest BCUT2D eigenvalue weighted by atomic mass is 9.85. The summed E-state index contributed by atoms with van der Waals surface area (Å²) in [5.74, 6) is -2.21. The lowest BCUT2D eigenvalue weighted by Crippen LogP contribution is -2.37. The van der Waals surface area contributed by atoms with Crippen molar-refractivity contribution in [3.8, 4) is 0 Å². The number of likely N-dealkylation sites (tertiary alicyclic amines) is 1. The van der Waals surface area contributed by atoms with Gasteiger partial charge in [0.1, 0.15) is 12.3 Å². The van der Waals surface area contributed by atoms with Crippen LogP contribution in [0.5, 0.6) is 0 Å². The molecule has 0 aromatic carbocycles. The first-order valence-electron chi connectivity index (χ1n) is 7.84. The summed E-state index contributed by atoms with van der Waals surface area (Å²) in [6.07, 6.45) is 4.73. The Morgan fingerprint density at radius 1 is 1.28 bits per heavy atom. The molecule has 0 bridgehead atoms. The van der Waals surface area contributed by atoms with Crippen molar-refractivity contribution in [1.82, 2.24) is 10.1 Å². The number of fused-ring (bicyclic) bond motifs is 1. The lowest BCUT2D eigenvalue weighted by Gasteiger charge is -2.14. The van der Waals surface area contributed by atoms with Crippen LogP contribution in [0.2, 0.25) is 0 Å². The maximum Gasteiger partial charge on any atom is 0.326 e. The van der Waals surface area contributed by atoms with Gasteiger partial charge in [0.05, 0.1) is 11.8 Å². The van der Waals surface area contributed by atoms with E-state index in [-0.39, 0.29) is 17.6 Å². The van der Waals surface area contributed by atoms with E-state index in [0.717, 1.165) is 4.90 Å². The van der Waals surface area contributed by atoms with Crippen LogP contribution >= 0.6 is 0 Å². The molecule has 1 aliphatic heterocycles. The highest BCUT2D eigenvalue weighted by Crippen LogP contribution is 2.34. The van der Waals surface area contributed by atoms with E-state index >= 15 is 0 Å². The molecule has 1 saturated heterocycles. The number of rotatable bonds is 5. The molecule has 1 N–H and O–H groups in total. The average Bonchev–Trinajstić information content (AvgIpc) is 3.10. The molecule has 25 heavy (non-hydrogen) atoms. The smallest absolute Gasteiger partial charge is 0.326 e. The molecule has 0 radical (unpaired) electrons. The number of ether oxygens (including phenoxy) is 1. The molecule has 0 spiro atoms. The minimum Gasteiger partial charge on any atom is -0.454 e. The second kappa shape index (κ2) is 6.88. The molecule has 1 aromatic rings. The third-order valence-corrected chi connectivity index (χ3v) is 4.15. The van der Waals surface area contributed by atoms with E-state index in [4.69, 9.17) is 9.26 Å². The van der Waals surface area contributed by atoms with Crippen molar-refractivity contribution in [2.24, 2.45) is 11.8 Å². The summed E-state index contributed by atoms with van der Waals surface area (Å²) in [4.78, 5) is 48.9. The number of imide groups is 1. The predicted molar refractivity (Wildman–Crippen MR) is 82.9 cm³/mol. The predicted octanol–water partition coefficient (Wildman–Crippen LogP) is 0.416. The van der Waals surface area contributed by atoms with Crippen molar-refractivity contribution in [2.45, 2.75) is 19.8 Å². The van der Waals surface area contributed by atoms with Gasteiger partial charge in [-0.05, 0) is 19.8 Å². The zero-order valence-corrected chi connectivity index (χ0v) is 13.6. The normalized spacial score (nSPS) is 22.0. The molecule has 2 heterocycles. The summed E-state index contributed by atoms with van der Waals surface area (Å²) < 4.78 is 9.61. The highest BCUT2D eigenvalue weighted by Gasteiger charge is 2.47. The second-order valence-corrected chi connectivity index (χ2v) is 5.95. The molecule has 0 saturated carbocycles. The number of nitrogens with zero attached hydrogens (tertiary/aromatic N) is 2. The van der Waals surface area contributed by atoms with Gasteiger partial charge in [-0.3, -0.25) is 24.1 Å². The zero-order valence-electron chi connectivity index (χ0n) is 13.6. The highest BCUT2D eigenvalue weighted by atomic mass is 16.5. The van der Waals surface area contributed by atoms with Gasteiger partial charge in [-0.15, -0.1) is 0 Å². The summed E-state index contributed by atoms with van der Waals surface area (Å²) in [7, 11) is 0. The number of nitrogens with one attached hydrogen (secondary N) is 1. The minimum atomic E-state index is -0.820. The maximum absolute atomic E-state index is 12.2. The Kier molecular flexibility index (Phi) is 4.64. The minimum absolute atomic E-state index is 0.208. The van der Waals surface area contributed by atoms with Crippen LogP contribution in [-0.2, 0) is 23.9 Å². The topological polar surface area (TPSA) is 119 Å². The zero-order chi connectivity index (χ0) is 18.0. The highest BCUT2D eigenvalue weighted by molar-refractivity contribution is 6.07. The number of esters is 1. The summed E-state index contributed by atoms with van der Waals surface area (Å²) in [5, 5.41) is 5.97. The molecule has 132 valence electrons. The van der Waals surface area contributed by atoms with E-state index in [9.17, 15) is 19.2 Å². The van der Waals surface area contributed by atoms with Crippen molar-refractivity contribution in [3.05, 3.63) is 24.0 Å². The van der Waals surface area contributed by atoms with Crippen molar-refractivity contribution in [1.29, 1.82) is 0 Å². The molecular weight excluding hydrogens is 330 g/mol. The first kappa shape index (κ1) is 16.9. The number of aromatic nitrogens is 1. The van der Waals surface area contributed by atoms with E-state index < -0.39 is 36.9 Å². The first-order chi connectivity index (χ1) is 12.0. The summed E-state index contributed by atoms with van der Waals surface area (Å²) in [6.45, 7) is 0.635. The SMILES string of the molecule is Cc1cc(NC(=O)COC(=O)CN2C(=O)[C@@H]3CC=CC[C@H]3C2=O)no1. The average molecular weight is 347 g/mol. The van der Waals surface area contributed by atoms with Crippen LogP contribution < -0.4 is 5.32 Å². The number of allylic oxidation sites excluding steroid dienone is 2. The molecule has 2 aliphatic rings. The van der Waals surface area contributed by atoms with Gasteiger partial charge >= 0.3 is 5.97 Å². The first-order valence-corrected chi connectivity index (χ1v) is 7.84. The Morgan fingerprint density at radius 2 is 1.92 bits per heavy atom. The fourth-order valence-electron chi connectivity index (χ4n) is 2.95. The molecular formula is C16H17N3O6. The van der Waals surface area contributed by atoms with Gasteiger partial charge in [0.25, 0.3) is 5.91 Å². The molecule has 1 aromatic heterocycles. The number of amides is 3. The molecule has 1 fully saturated rings. The summed E-state index contributed by atoms with van der Waals surface area (Å²) in [6, 6.07) is 1.51. The van der Waals surface area contributed by atoms with Crippen LogP contribution in [0.1, 0.15) is 18.6 Å². The summed E-state index contributed by atoms with van der Waals surface area (Å²) >= 11 is 0. The number of carbonyl (C=O) groups excluding carboxylic acids is 4. The monoisotopic (exact) mass is 347 g/mol. The van der Waals surface area contributed by atoms with E-state index in [2.05, 4.69) is 10.5 Å². The number of carbonyl (C=O) groups is 4. The van der Waals surface area contributed by atoms with Crippen LogP contribution in [-0.4, -0.2) is 46.9 Å². The second-order valence-electron chi connectivity index (χ2n) is 5.95. The summed E-state index contributed by atoms with van der Waals surface area (Å²) in [5.41, 5.74) is 0. The van der Waals surface area contributed by atoms with Crippen molar-refractivity contribution >= 4 is 29.5 Å². The van der Waals surface area contributed by atoms with E-state index in [1.54, 1.807) is 6.92 Å². The van der Waals surface area contributed by atoms with Gasteiger partial charge in [0.15, 0.2) is 12.4 Å². The van der Waals surface area contributed by atoms with E-state index in [0.29, 0.717) is 18.6 Å². The van der Waals surface area contributed by atoms with Crippen molar-refractivity contribution in [3.63, 3.8) is 0 Å². The Bertz CT molecular complexity index is 727. The molecule has 9 heteroatoms. The van der Waals surface area contributed by atoms with Crippen LogP contribution in [0.4, 0.5) is 5.82 Å². The van der Waals surface area contributed by atoms with Crippen LogP contribution in [0.25, 0.3) is 0 Å². The molecule has 3 rings (SSSR count). The fraction of sp³-hybridized carbons (Fsp3) is 0.438. The Labute approximate surface area is 143 Å². The van der Waals surface area contributed by atoms with Gasteiger partial charge in [-0.2, -0.15) is 0 Å². The largest absolute Gasteiger partial charge is 0.454 e. The van der Waals surface area contributed by atoms with Gasteiger partial charge in [-0.1, -0.05) is 17.3 Å². The molecule has 2 atom stereocenters. The fourth-order valence-corrected chi connectivity index (χ4v) is 2.95. The number of anilines is 1. The van der Waals surface area contributed by atoms with Gasteiger partial charge < -0.3 is 14.6 Å². The van der Waals surface area contributed by atoms with Gasteiger partial charge in [-0.25, -0.2) is 0 Å². The Hall–Kier alpha value is -2.97. The molecule has 1 aliphatic carbocycles. The van der Waals surface area contributed by atoms with Crippen LogP contribution in [0.15, 0.2) is 22.7 Å².